The van der Waals surface area contributed by atoms with E-state index in [1.165, 1.54) is 17.0 Å². The highest BCUT2D eigenvalue weighted by atomic mass is 35.5. The molecule has 4 aromatic rings. The van der Waals surface area contributed by atoms with E-state index >= 15 is 0 Å². The fourth-order valence-corrected chi connectivity index (χ4v) is 4.49. The van der Waals surface area contributed by atoms with Crippen molar-refractivity contribution in [2.75, 3.05) is 13.6 Å². The highest BCUT2D eigenvalue weighted by Gasteiger charge is 2.24. The maximum absolute atomic E-state index is 14.3. The summed E-state index contributed by atoms with van der Waals surface area (Å²) in [5.41, 5.74) is 3.61. The van der Waals surface area contributed by atoms with Crippen LogP contribution in [-0.2, 0) is 11.3 Å². The summed E-state index contributed by atoms with van der Waals surface area (Å²) in [4.78, 5) is 32.4. The number of fused-ring (bicyclic) bond motifs is 1. The van der Waals surface area contributed by atoms with Gasteiger partial charge in [-0.3, -0.25) is 9.78 Å². The molecule has 0 radical (unpaired) electrons. The molecule has 196 valence electrons. The monoisotopic (exact) mass is 533 g/mol. The Hall–Kier alpha value is -3.97. The summed E-state index contributed by atoms with van der Waals surface area (Å²) in [5.74, 6) is -0.698. The number of hydrogen-bond donors (Lipinski definition) is 1. The number of alkyl carbamates (subject to hydrolysis) is 1. The van der Waals surface area contributed by atoms with Crippen LogP contribution in [0.3, 0.4) is 0 Å². The second kappa shape index (κ2) is 12.0. The van der Waals surface area contributed by atoms with Crippen LogP contribution in [0.15, 0.2) is 72.9 Å². The minimum atomic E-state index is -0.557. The summed E-state index contributed by atoms with van der Waals surface area (Å²) in [5, 5.41) is 3.87. The zero-order valence-corrected chi connectivity index (χ0v) is 22.3. The zero-order valence-electron chi connectivity index (χ0n) is 21.5. The predicted molar refractivity (Wildman–Crippen MR) is 148 cm³/mol. The summed E-state index contributed by atoms with van der Waals surface area (Å²) in [6.45, 7) is 4.10. The Morgan fingerprint density at radius 1 is 1.11 bits per heavy atom. The van der Waals surface area contributed by atoms with E-state index < -0.39 is 11.9 Å². The van der Waals surface area contributed by atoms with Crippen molar-refractivity contribution >= 4 is 34.5 Å². The zero-order chi connectivity index (χ0) is 27.2. The van der Waals surface area contributed by atoms with E-state index in [1.807, 2.05) is 43.3 Å². The SMILES string of the molecule is CC[C@@H](CN(C)C(=O)c1c(-c2cc(C)cc(F)c2)cnc2ccc(Cl)cc12)NC(=O)OCc1ccccc1. The van der Waals surface area contributed by atoms with E-state index in [0.29, 0.717) is 39.0 Å². The molecule has 0 saturated carbocycles. The Morgan fingerprint density at radius 3 is 2.58 bits per heavy atom. The molecule has 38 heavy (non-hydrogen) atoms. The minimum Gasteiger partial charge on any atom is -0.445 e. The van der Waals surface area contributed by atoms with Crippen LogP contribution in [0, 0.1) is 12.7 Å². The van der Waals surface area contributed by atoms with Gasteiger partial charge in [0.25, 0.3) is 5.91 Å². The molecule has 0 aliphatic heterocycles. The lowest BCUT2D eigenvalue weighted by Gasteiger charge is -2.25. The number of carbonyl (C=O) groups is 2. The molecule has 0 unspecified atom stereocenters. The van der Waals surface area contributed by atoms with Gasteiger partial charge in [-0.2, -0.15) is 0 Å². The van der Waals surface area contributed by atoms with Gasteiger partial charge in [-0.1, -0.05) is 54.9 Å². The topological polar surface area (TPSA) is 71.5 Å². The molecular formula is C30H29ClFN3O3. The first-order valence-corrected chi connectivity index (χ1v) is 12.7. The lowest BCUT2D eigenvalue weighted by atomic mass is 9.95. The molecule has 0 saturated heterocycles. The molecule has 6 nitrogen and oxygen atoms in total. The Balaban J connectivity index is 1.59. The smallest absolute Gasteiger partial charge is 0.407 e. The van der Waals surface area contributed by atoms with E-state index in [1.54, 1.807) is 38.4 Å². The second-order valence-electron chi connectivity index (χ2n) is 9.22. The quantitative estimate of drug-likeness (QED) is 0.271. The number of likely N-dealkylation sites (N-methyl/N-ethyl adjacent to an activating group) is 1. The Kier molecular flexibility index (Phi) is 8.59. The van der Waals surface area contributed by atoms with Crippen molar-refractivity contribution in [2.24, 2.45) is 0 Å². The van der Waals surface area contributed by atoms with E-state index in [0.717, 1.165) is 11.1 Å². The molecule has 0 bridgehead atoms. The van der Waals surface area contributed by atoms with Crippen molar-refractivity contribution in [1.29, 1.82) is 0 Å². The third kappa shape index (κ3) is 6.47. The van der Waals surface area contributed by atoms with E-state index in [-0.39, 0.29) is 25.1 Å². The summed E-state index contributed by atoms with van der Waals surface area (Å²) in [7, 11) is 1.67. The number of nitrogens with one attached hydrogen (secondary N) is 1. The van der Waals surface area contributed by atoms with Crippen LogP contribution in [0.25, 0.3) is 22.0 Å². The van der Waals surface area contributed by atoms with Gasteiger partial charge < -0.3 is 15.0 Å². The fraction of sp³-hybridized carbons (Fsp3) is 0.233. The lowest BCUT2D eigenvalue weighted by Crippen LogP contribution is -2.44. The van der Waals surface area contributed by atoms with Crippen molar-refractivity contribution in [3.8, 4) is 11.1 Å². The molecule has 1 aromatic heterocycles. The number of ether oxygens (including phenoxy) is 1. The lowest BCUT2D eigenvalue weighted by molar-refractivity contribution is 0.0775. The van der Waals surface area contributed by atoms with Gasteiger partial charge in [0, 0.05) is 41.8 Å². The average Bonchev–Trinajstić information content (AvgIpc) is 2.90. The van der Waals surface area contributed by atoms with Crippen molar-refractivity contribution < 1.29 is 18.7 Å². The summed E-state index contributed by atoms with van der Waals surface area (Å²) in [6, 6.07) is 18.8. The van der Waals surface area contributed by atoms with Crippen LogP contribution in [0.4, 0.5) is 9.18 Å². The molecular weight excluding hydrogens is 505 g/mol. The first-order chi connectivity index (χ1) is 18.2. The number of rotatable bonds is 8. The molecule has 0 spiro atoms. The van der Waals surface area contributed by atoms with Crippen LogP contribution >= 0.6 is 11.6 Å². The molecule has 1 N–H and O–H groups in total. The largest absolute Gasteiger partial charge is 0.445 e. The van der Waals surface area contributed by atoms with Gasteiger partial charge in [0.2, 0.25) is 0 Å². The number of amides is 2. The molecule has 0 fully saturated rings. The van der Waals surface area contributed by atoms with Gasteiger partial charge in [-0.25, -0.2) is 9.18 Å². The predicted octanol–water partition coefficient (Wildman–Crippen LogP) is 6.78. The van der Waals surface area contributed by atoms with E-state index in [9.17, 15) is 14.0 Å². The highest BCUT2D eigenvalue weighted by Crippen LogP contribution is 2.32. The standard InChI is InChI=1S/C30H29ClFN3O3/c1-4-24(34-30(37)38-18-20-8-6-5-7-9-20)17-35(3)29(36)28-25-15-22(31)10-11-27(25)33-16-26(28)21-12-19(2)13-23(32)14-21/h5-16,24H,4,17-18H2,1-3H3,(H,34,37)/t24-/m0/s1. The molecule has 0 aliphatic carbocycles. The van der Waals surface area contributed by atoms with Gasteiger partial charge >= 0.3 is 6.09 Å². The first-order valence-electron chi connectivity index (χ1n) is 12.3. The number of halogens is 2. The average molecular weight is 534 g/mol. The molecule has 1 heterocycles. The van der Waals surface area contributed by atoms with Crippen LogP contribution < -0.4 is 5.32 Å². The first kappa shape index (κ1) is 27.1. The Labute approximate surface area is 226 Å². The van der Waals surface area contributed by atoms with Crippen LogP contribution in [0.2, 0.25) is 5.02 Å². The Morgan fingerprint density at radius 2 is 1.87 bits per heavy atom. The maximum Gasteiger partial charge on any atom is 0.407 e. The van der Waals surface area contributed by atoms with E-state index in [2.05, 4.69) is 10.3 Å². The summed E-state index contributed by atoms with van der Waals surface area (Å²) in [6.07, 6.45) is 1.61. The molecule has 2 amide bonds. The maximum atomic E-state index is 14.3. The molecule has 3 aromatic carbocycles. The van der Waals surface area contributed by atoms with Crippen molar-refractivity contribution in [2.45, 2.75) is 32.9 Å². The summed E-state index contributed by atoms with van der Waals surface area (Å²) < 4.78 is 19.6. The normalized spacial score (nSPS) is 11.7. The van der Waals surface area contributed by atoms with Crippen molar-refractivity contribution in [3.05, 3.63) is 100 Å². The number of pyridine rings is 1. The second-order valence-corrected chi connectivity index (χ2v) is 9.66. The number of aromatic nitrogens is 1. The van der Waals surface area contributed by atoms with Gasteiger partial charge in [0.1, 0.15) is 12.4 Å². The Bertz CT molecular complexity index is 1440. The molecule has 1 atom stereocenters. The number of hydrogen-bond acceptors (Lipinski definition) is 4. The molecule has 4 rings (SSSR count). The van der Waals surface area contributed by atoms with E-state index in [4.69, 9.17) is 16.3 Å². The van der Waals surface area contributed by atoms with Gasteiger partial charge in [-0.05, 0) is 60.4 Å². The number of benzene rings is 3. The van der Waals surface area contributed by atoms with Gasteiger partial charge in [0.05, 0.1) is 11.1 Å². The highest BCUT2D eigenvalue weighted by molar-refractivity contribution is 6.31. The van der Waals surface area contributed by atoms with Crippen LogP contribution in [0.1, 0.15) is 34.8 Å². The molecule has 0 aliphatic rings. The third-order valence-electron chi connectivity index (χ3n) is 6.27. The van der Waals surface area contributed by atoms with Gasteiger partial charge in [0.15, 0.2) is 0 Å². The summed E-state index contributed by atoms with van der Waals surface area (Å²) >= 11 is 6.29. The number of aryl methyl sites for hydroxylation is 1. The van der Waals surface area contributed by atoms with Gasteiger partial charge in [-0.15, -0.1) is 0 Å². The van der Waals surface area contributed by atoms with Crippen LogP contribution in [0.5, 0.6) is 0 Å². The molecule has 8 heteroatoms. The number of carbonyl (C=O) groups excluding carboxylic acids is 2. The minimum absolute atomic E-state index is 0.151. The van der Waals surface area contributed by atoms with Crippen molar-refractivity contribution in [3.63, 3.8) is 0 Å². The van der Waals surface area contributed by atoms with Crippen LogP contribution in [-0.4, -0.2) is 41.5 Å². The van der Waals surface area contributed by atoms with Crippen molar-refractivity contribution in [1.82, 2.24) is 15.2 Å². The fourth-order valence-electron chi connectivity index (χ4n) is 4.32. The number of nitrogens with zero attached hydrogens (tertiary/aromatic N) is 2. The third-order valence-corrected chi connectivity index (χ3v) is 6.50.